The highest BCUT2D eigenvalue weighted by Crippen LogP contribution is 2.36. The average molecular weight is 548 g/mol. The molecule has 7 heteroatoms. The number of hydrogen-bond donors (Lipinski definition) is 0. The first kappa shape index (κ1) is 26.1. The lowest BCUT2D eigenvalue weighted by Crippen LogP contribution is -2.39. The van der Waals surface area contributed by atoms with Crippen molar-refractivity contribution in [1.29, 1.82) is 0 Å². The molecule has 1 aromatic heterocycles. The van der Waals surface area contributed by atoms with E-state index >= 15 is 0 Å². The highest BCUT2D eigenvalue weighted by atomic mass is 35.5. The summed E-state index contributed by atoms with van der Waals surface area (Å²) in [5.41, 5.74) is 3.64. The molecule has 3 heterocycles. The van der Waals surface area contributed by atoms with Crippen molar-refractivity contribution < 1.29 is 9.13 Å². The highest BCUT2D eigenvalue weighted by Gasteiger charge is 2.36. The second kappa shape index (κ2) is 12.4. The van der Waals surface area contributed by atoms with Crippen molar-refractivity contribution in [3.05, 3.63) is 91.8 Å². The quantitative estimate of drug-likeness (QED) is 0.279. The minimum Gasteiger partial charge on any atom is -0.376 e. The van der Waals surface area contributed by atoms with Crippen LogP contribution in [0, 0.1) is 17.7 Å². The van der Waals surface area contributed by atoms with Crippen LogP contribution >= 0.6 is 34.5 Å². The van der Waals surface area contributed by atoms with Gasteiger partial charge in [0.25, 0.3) is 0 Å². The number of rotatable bonds is 9. The number of halogens is 3. The summed E-state index contributed by atoms with van der Waals surface area (Å²) in [7, 11) is 0. The molecule has 2 fully saturated rings. The molecule has 2 aromatic carbocycles. The molecule has 3 nitrogen and oxygen atoms in total. The van der Waals surface area contributed by atoms with E-state index in [2.05, 4.69) is 32.7 Å². The zero-order chi connectivity index (χ0) is 24.9. The van der Waals surface area contributed by atoms with Crippen molar-refractivity contribution in [2.45, 2.75) is 31.9 Å². The van der Waals surface area contributed by atoms with Crippen molar-refractivity contribution in [1.82, 2.24) is 9.80 Å². The zero-order valence-corrected chi connectivity index (χ0v) is 22.7. The minimum absolute atomic E-state index is 0.202. The van der Waals surface area contributed by atoms with Crippen LogP contribution in [-0.2, 0) is 17.9 Å². The Balaban J connectivity index is 1.12. The molecule has 5 rings (SSSR count). The third-order valence-electron chi connectivity index (χ3n) is 7.63. The van der Waals surface area contributed by atoms with Gasteiger partial charge in [0.15, 0.2) is 0 Å². The summed E-state index contributed by atoms with van der Waals surface area (Å²) in [6.07, 6.45) is 2.34. The van der Waals surface area contributed by atoms with Gasteiger partial charge in [-0.25, -0.2) is 4.39 Å². The summed E-state index contributed by atoms with van der Waals surface area (Å²) < 4.78 is 19.0. The molecule has 2 atom stereocenters. The molecule has 0 amide bonds. The fourth-order valence-electron chi connectivity index (χ4n) is 5.62. The predicted octanol–water partition coefficient (Wildman–Crippen LogP) is 7.34. The Morgan fingerprint density at radius 2 is 1.78 bits per heavy atom. The van der Waals surface area contributed by atoms with Gasteiger partial charge in [-0.2, -0.15) is 11.3 Å². The molecule has 36 heavy (non-hydrogen) atoms. The maximum Gasteiger partial charge on any atom is 0.123 e. The van der Waals surface area contributed by atoms with E-state index in [1.807, 2.05) is 12.1 Å². The molecule has 0 unspecified atom stereocenters. The molecule has 0 N–H and O–H groups in total. The van der Waals surface area contributed by atoms with Crippen molar-refractivity contribution in [2.75, 3.05) is 39.3 Å². The molecule has 2 aliphatic heterocycles. The Morgan fingerprint density at radius 3 is 2.50 bits per heavy atom. The van der Waals surface area contributed by atoms with Gasteiger partial charge in [-0.1, -0.05) is 41.4 Å². The summed E-state index contributed by atoms with van der Waals surface area (Å²) in [6.45, 7) is 7.73. The van der Waals surface area contributed by atoms with Crippen LogP contribution in [0.4, 0.5) is 4.39 Å². The molecule has 2 aliphatic rings. The van der Waals surface area contributed by atoms with E-state index in [4.69, 9.17) is 27.9 Å². The minimum atomic E-state index is -0.202. The van der Waals surface area contributed by atoms with E-state index in [-0.39, 0.29) is 5.82 Å². The van der Waals surface area contributed by atoms with Gasteiger partial charge in [0.2, 0.25) is 0 Å². The number of thiophene rings is 1. The molecule has 192 valence electrons. The first-order valence-electron chi connectivity index (χ1n) is 12.8. The lowest BCUT2D eigenvalue weighted by Gasteiger charge is -2.34. The SMILES string of the molecule is Fc1ccc(COCC2CCN(C[C@H]3CN(Cc4ccc(Cl)cc4Cl)C[C@@H]3c3ccsc3)CC2)cc1. The lowest BCUT2D eigenvalue weighted by molar-refractivity contribution is 0.0542. The fourth-order valence-corrected chi connectivity index (χ4v) is 6.81. The highest BCUT2D eigenvalue weighted by molar-refractivity contribution is 7.08. The topological polar surface area (TPSA) is 15.7 Å². The molecule has 0 radical (unpaired) electrons. The second-order valence-electron chi connectivity index (χ2n) is 10.2. The molecular formula is C29H33Cl2FN2OS. The standard InChI is InChI=1S/C29H33Cl2FN2OS/c30-26-4-3-23(29(31)13-26)14-34-16-25(28(17-34)24-9-12-36-20-24)15-33-10-7-22(8-11-33)19-35-18-21-1-5-27(32)6-2-21/h1-6,9,12-13,20,22,25,28H,7-8,10-11,14-19H2/t25-,28+/m0/s1. The Hall–Kier alpha value is -1.47. The summed E-state index contributed by atoms with van der Waals surface area (Å²) in [4.78, 5) is 5.21. The van der Waals surface area contributed by atoms with Gasteiger partial charge < -0.3 is 9.64 Å². The van der Waals surface area contributed by atoms with Crippen LogP contribution in [-0.4, -0.2) is 49.1 Å². The second-order valence-corrected chi connectivity index (χ2v) is 11.9. The van der Waals surface area contributed by atoms with Crippen LogP contribution in [0.5, 0.6) is 0 Å². The van der Waals surface area contributed by atoms with Crippen LogP contribution in [0.15, 0.2) is 59.3 Å². The fraction of sp³-hybridized carbons (Fsp3) is 0.448. The largest absolute Gasteiger partial charge is 0.376 e. The van der Waals surface area contributed by atoms with Crippen LogP contribution in [0.25, 0.3) is 0 Å². The van der Waals surface area contributed by atoms with Gasteiger partial charge in [-0.05, 0) is 95.5 Å². The average Bonchev–Trinajstić information content (AvgIpc) is 3.53. The van der Waals surface area contributed by atoms with E-state index in [1.54, 1.807) is 23.5 Å². The molecular weight excluding hydrogens is 514 g/mol. The molecule has 0 saturated carbocycles. The first-order chi connectivity index (χ1) is 17.5. The van der Waals surface area contributed by atoms with E-state index < -0.39 is 0 Å². The number of likely N-dealkylation sites (tertiary alicyclic amines) is 2. The predicted molar refractivity (Wildman–Crippen MR) is 148 cm³/mol. The Labute approximate surface area is 227 Å². The Bertz CT molecular complexity index is 1100. The monoisotopic (exact) mass is 546 g/mol. The van der Waals surface area contributed by atoms with Crippen LogP contribution < -0.4 is 0 Å². The third kappa shape index (κ3) is 6.89. The normalized spacial score (nSPS) is 21.9. The van der Waals surface area contributed by atoms with Crippen molar-refractivity contribution in [2.24, 2.45) is 11.8 Å². The van der Waals surface area contributed by atoms with Crippen molar-refractivity contribution >= 4 is 34.5 Å². The van der Waals surface area contributed by atoms with Crippen LogP contribution in [0.3, 0.4) is 0 Å². The number of benzene rings is 2. The maximum atomic E-state index is 13.1. The van der Waals surface area contributed by atoms with Gasteiger partial charge in [0.05, 0.1) is 6.61 Å². The van der Waals surface area contributed by atoms with Gasteiger partial charge in [-0.3, -0.25) is 4.90 Å². The van der Waals surface area contributed by atoms with Gasteiger partial charge in [0.1, 0.15) is 5.82 Å². The third-order valence-corrected chi connectivity index (χ3v) is 8.92. The maximum absolute atomic E-state index is 13.1. The summed E-state index contributed by atoms with van der Waals surface area (Å²) in [5, 5.41) is 5.95. The molecule has 0 aliphatic carbocycles. The van der Waals surface area contributed by atoms with E-state index in [1.165, 1.54) is 30.5 Å². The smallest absolute Gasteiger partial charge is 0.123 e. The van der Waals surface area contributed by atoms with E-state index in [9.17, 15) is 4.39 Å². The number of piperidine rings is 1. The van der Waals surface area contributed by atoms with Gasteiger partial charge in [0, 0.05) is 48.7 Å². The number of nitrogens with zero attached hydrogens (tertiary/aromatic N) is 2. The van der Waals surface area contributed by atoms with E-state index in [0.29, 0.717) is 29.4 Å². The zero-order valence-electron chi connectivity index (χ0n) is 20.4. The first-order valence-corrected chi connectivity index (χ1v) is 14.5. The number of ether oxygens (including phenoxy) is 1. The summed E-state index contributed by atoms with van der Waals surface area (Å²) in [5.74, 6) is 1.56. The molecule has 0 spiro atoms. The van der Waals surface area contributed by atoms with Crippen LogP contribution in [0.1, 0.15) is 35.4 Å². The lowest BCUT2D eigenvalue weighted by atomic mass is 9.89. The summed E-state index contributed by atoms with van der Waals surface area (Å²) >= 11 is 14.4. The van der Waals surface area contributed by atoms with Crippen molar-refractivity contribution in [3.8, 4) is 0 Å². The molecule has 0 bridgehead atoms. The Morgan fingerprint density at radius 1 is 0.972 bits per heavy atom. The van der Waals surface area contributed by atoms with Gasteiger partial charge in [-0.15, -0.1) is 0 Å². The molecule has 3 aromatic rings. The van der Waals surface area contributed by atoms with E-state index in [0.717, 1.165) is 62.0 Å². The van der Waals surface area contributed by atoms with Crippen LogP contribution in [0.2, 0.25) is 10.0 Å². The number of hydrogen-bond acceptors (Lipinski definition) is 4. The Kier molecular flexibility index (Phi) is 8.99. The van der Waals surface area contributed by atoms with Crippen molar-refractivity contribution in [3.63, 3.8) is 0 Å². The van der Waals surface area contributed by atoms with Gasteiger partial charge >= 0.3 is 0 Å². The summed E-state index contributed by atoms with van der Waals surface area (Å²) in [6, 6.07) is 14.7. The molecule has 2 saturated heterocycles.